The van der Waals surface area contributed by atoms with Gasteiger partial charge in [0, 0.05) is 25.9 Å². The van der Waals surface area contributed by atoms with Crippen LogP contribution in [-0.4, -0.2) is 14.9 Å². The SMILES string of the molecule is Cn1cc(/C=C/C(=O)c2ccccc2)c(=O)n(C)c1=O. The summed E-state index contributed by atoms with van der Waals surface area (Å²) >= 11 is 0. The van der Waals surface area contributed by atoms with Crippen LogP contribution < -0.4 is 11.2 Å². The topological polar surface area (TPSA) is 61.1 Å². The Hall–Kier alpha value is -2.69. The Morgan fingerprint density at radius 1 is 1.10 bits per heavy atom. The summed E-state index contributed by atoms with van der Waals surface area (Å²) < 4.78 is 2.31. The van der Waals surface area contributed by atoms with Gasteiger partial charge in [-0.25, -0.2) is 4.79 Å². The van der Waals surface area contributed by atoms with Crippen LogP contribution in [0.3, 0.4) is 0 Å². The summed E-state index contributed by atoms with van der Waals surface area (Å²) in [4.78, 5) is 35.3. The molecule has 5 heteroatoms. The van der Waals surface area contributed by atoms with Crippen LogP contribution in [0.5, 0.6) is 0 Å². The average Bonchev–Trinajstić information content (AvgIpc) is 2.48. The minimum Gasteiger partial charge on any atom is -0.303 e. The normalized spacial score (nSPS) is 10.9. The molecule has 0 saturated heterocycles. The van der Waals surface area contributed by atoms with Gasteiger partial charge in [0.2, 0.25) is 0 Å². The van der Waals surface area contributed by atoms with Crippen molar-refractivity contribution < 1.29 is 4.79 Å². The lowest BCUT2D eigenvalue weighted by molar-refractivity contribution is 0.104. The highest BCUT2D eigenvalue weighted by Crippen LogP contribution is 2.02. The predicted octanol–water partition coefficient (Wildman–Crippen LogP) is 0.980. The molecule has 20 heavy (non-hydrogen) atoms. The number of ketones is 1. The molecule has 0 N–H and O–H groups in total. The smallest absolute Gasteiger partial charge is 0.303 e. The molecule has 0 unspecified atom stereocenters. The van der Waals surface area contributed by atoms with Crippen LogP contribution in [-0.2, 0) is 14.1 Å². The molecule has 0 spiro atoms. The molecular weight excluding hydrogens is 256 g/mol. The van der Waals surface area contributed by atoms with Crippen LogP contribution in [0.15, 0.2) is 52.2 Å². The van der Waals surface area contributed by atoms with E-state index in [4.69, 9.17) is 0 Å². The molecule has 1 heterocycles. The molecule has 0 fully saturated rings. The maximum Gasteiger partial charge on any atom is 0.330 e. The number of hydrogen-bond donors (Lipinski definition) is 0. The molecule has 0 atom stereocenters. The van der Waals surface area contributed by atoms with Crippen LogP contribution in [0.1, 0.15) is 15.9 Å². The summed E-state index contributed by atoms with van der Waals surface area (Å²) in [5, 5.41) is 0. The molecule has 0 aliphatic heterocycles. The number of aromatic nitrogens is 2. The van der Waals surface area contributed by atoms with Crippen LogP contribution in [0.25, 0.3) is 6.08 Å². The number of benzene rings is 1. The van der Waals surface area contributed by atoms with E-state index in [1.165, 1.54) is 30.0 Å². The van der Waals surface area contributed by atoms with E-state index < -0.39 is 11.2 Å². The minimum absolute atomic E-state index is 0.193. The number of carbonyl (C=O) groups is 1. The van der Waals surface area contributed by atoms with Gasteiger partial charge in [-0.05, 0) is 12.2 Å². The van der Waals surface area contributed by atoms with Gasteiger partial charge in [-0.3, -0.25) is 14.2 Å². The molecule has 5 nitrogen and oxygen atoms in total. The van der Waals surface area contributed by atoms with Crippen molar-refractivity contribution >= 4 is 11.9 Å². The average molecular weight is 270 g/mol. The van der Waals surface area contributed by atoms with Crippen molar-refractivity contribution in [1.29, 1.82) is 0 Å². The maximum atomic E-state index is 11.9. The molecule has 0 aliphatic rings. The van der Waals surface area contributed by atoms with E-state index in [0.29, 0.717) is 11.1 Å². The Kier molecular flexibility index (Phi) is 3.79. The van der Waals surface area contributed by atoms with Gasteiger partial charge in [-0.2, -0.15) is 0 Å². The van der Waals surface area contributed by atoms with Gasteiger partial charge in [0.25, 0.3) is 5.56 Å². The number of aryl methyl sites for hydroxylation is 1. The fourth-order valence-corrected chi connectivity index (χ4v) is 1.81. The number of carbonyl (C=O) groups excluding carboxylic acids is 1. The van der Waals surface area contributed by atoms with Crippen molar-refractivity contribution in [3.05, 3.63) is 74.6 Å². The Bertz CT molecular complexity index is 783. The molecule has 0 amide bonds. The van der Waals surface area contributed by atoms with E-state index in [9.17, 15) is 14.4 Å². The fraction of sp³-hybridized carbons (Fsp3) is 0.133. The van der Waals surface area contributed by atoms with Crippen molar-refractivity contribution in [3.63, 3.8) is 0 Å². The van der Waals surface area contributed by atoms with Crippen LogP contribution in [0.4, 0.5) is 0 Å². The Morgan fingerprint density at radius 2 is 1.75 bits per heavy atom. The maximum absolute atomic E-state index is 11.9. The molecule has 0 radical (unpaired) electrons. The van der Waals surface area contributed by atoms with Gasteiger partial charge in [0.1, 0.15) is 0 Å². The molecule has 2 rings (SSSR count). The summed E-state index contributed by atoms with van der Waals surface area (Å²) in [5.74, 6) is -0.193. The first-order valence-corrected chi connectivity index (χ1v) is 6.05. The second-order valence-corrected chi connectivity index (χ2v) is 4.41. The second kappa shape index (κ2) is 5.52. The number of hydrogen-bond acceptors (Lipinski definition) is 3. The molecule has 1 aromatic carbocycles. The summed E-state index contributed by atoms with van der Waals surface area (Å²) in [7, 11) is 2.96. The van der Waals surface area contributed by atoms with E-state index in [-0.39, 0.29) is 5.78 Å². The molecule has 0 aliphatic carbocycles. The first-order chi connectivity index (χ1) is 9.50. The summed E-state index contributed by atoms with van der Waals surface area (Å²) in [5.41, 5.74) is 0.0102. The molecule has 102 valence electrons. The lowest BCUT2D eigenvalue weighted by Crippen LogP contribution is -2.37. The zero-order chi connectivity index (χ0) is 14.7. The van der Waals surface area contributed by atoms with Crippen molar-refractivity contribution in [1.82, 2.24) is 9.13 Å². The lowest BCUT2D eigenvalue weighted by Gasteiger charge is -2.03. The van der Waals surface area contributed by atoms with Gasteiger partial charge in [-0.15, -0.1) is 0 Å². The van der Waals surface area contributed by atoms with Crippen LogP contribution in [0.2, 0.25) is 0 Å². The molecular formula is C15H14N2O3. The quantitative estimate of drug-likeness (QED) is 0.617. The largest absolute Gasteiger partial charge is 0.330 e. The second-order valence-electron chi connectivity index (χ2n) is 4.41. The van der Waals surface area contributed by atoms with Crippen LogP contribution >= 0.6 is 0 Å². The molecule has 2 aromatic rings. The first-order valence-electron chi connectivity index (χ1n) is 6.05. The monoisotopic (exact) mass is 270 g/mol. The summed E-state index contributed by atoms with van der Waals surface area (Å²) in [6.45, 7) is 0. The Balaban J connectivity index is 2.36. The van der Waals surface area contributed by atoms with Crippen molar-refractivity contribution in [2.24, 2.45) is 14.1 Å². The van der Waals surface area contributed by atoms with Gasteiger partial charge < -0.3 is 4.57 Å². The van der Waals surface area contributed by atoms with Gasteiger partial charge in [0.05, 0.1) is 5.56 Å². The predicted molar refractivity (Wildman–Crippen MR) is 76.7 cm³/mol. The zero-order valence-electron chi connectivity index (χ0n) is 11.2. The van der Waals surface area contributed by atoms with E-state index in [1.54, 1.807) is 31.3 Å². The zero-order valence-corrected chi connectivity index (χ0v) is 11.2. The van der Waals surface area contributed by atoms with E-state index in [1.807, 2.05) is 6.07 Å². The summed E-state index contributed by atoms with van der Waals surface area (Å²) in [6, 6.07) is 8.76. The van der Waals surface area contributed by atoms with Crippen molar-refractivity contribution in [2.75, 3.05) is 0 Å². The Labute approximate surface area is 115 Å². The molecule has 0 saturated carbocycles. The highest BCUT2D eigenvalue weighted by Gasteiger charge is 2.05. The van der Waals surface area contributed by atoms with E-state index >= 15 is 0 Å². The molecule has 0 bridgehead atoms. The van der Waals surface area contributed by atoms with E-state index in [0.717, 1.165) is 4.57 Å². The van der Waals surface area contributed by atoms with Gasteiger partial charge >= 0.3 is 5.69 Å². The molecule has 1 aromatic heterocycles. The highest BCUT2D eigenvalue weighted by atomic mass is 16.2. The third-order valence-electron chi connectivity index (χ3n) is 2.95. The lowest BCUT2D eigenvalue weighted by atomic mass is 10.1. The number of rotatable bonds is 3. The third kappa shape index (κ3) is 2.66. The van der Waals surface area contributed by atoms with Crippen LogP contribution in [0, 0.1) is 0 Å². The Morgan fingerprint density at radius 3 is 2.40 bits per heavy atom. The standard InChI is InChI=1S/C15H14N2O3/c1-16-10-12(14(19)17(2)15(16)20)8-9-13(18)11-6-4-3-5-7-11/h3-10H,1-2H3/b9-8+. The van der Waals surface area contributed by atoms with Crippen molar-refractivity contribution in [3.8, 4) is 0 Å². The van der Waals surface area contributed by atoms with Crippen molar-refractivity contribution in [2.45, 2.75) is 0 Å². The summed E-state index contributed by atoms with van der Waals surface area (Å²) in [6.07, 6.45) is 4.17. The van der Waals surface area contributed by atoms with Gasteiger partial charge in [-0.1, -0.05) is 30.3 Å². The minimum atomic E-state index is -0.426. The number of allylic oxidation sites excluding steroid dienone is 1. The van der Waals surface area contributed by atoms with Gasteiger partial charge in [0.15, 0.2) is 5.78 Å². The first kappa shape index (κ1) is 13.7. The highest BCUT2D eigenvalue weighted by molar-refractivity contribution is 6.06. The third-order valence-corrected chi connectivity index (χ3v) is 2.95. The number of nitrogens with zero attached hydrogens (tertiary/aromatic N) is 2. The van der Waals surface area contributed by atoms with E-state index in [2.05, 4.69) is 0 Å². The fourth-order valence-electron chi connectivity index (χ4n) is 1.81.